The number of carbonyl (C=O) groups is 1. The molecule has 2 heterocycles. The molecule has 0 spiro atoms. The first-order valence-electron chi connectivity index (χ1n) is 9.49. The van der Waals surface area contributed by atoms with Gasteiger partial charge in [-0.05, 0) is 55.3 Å². The number of anilines is 1. The van der Waals surface area contributed by atoms with Gasteiger partial charge in [-0.15, -0.1) is 0 Å². The van der Waals surface area contributed by atoms with Crippen LogP contribution in [0.1, 0.15) is 29.6 Å². The van der Waals surface area contributed by atoms with Crippen molar-refractivity contribution in [1.29, 1.82) is 0 Å². The van der Waals surface area contributed by atoms with Crippen LogP contribution in [0.5, 0.6) is 0 Å². The Morgan fingerprint density at radius 2 is 1.80 bits per heavy atom. The molecule has 1 aliphatic heterocycles. The van der Waals surface area contributed by atoms with Crippen LogP contribution in [0, 0.1) is 0 Å². The summed E-state index contributed by atoms with van der Waals surface area (Å²) >= 11 is 3.34. The van der Waals surface area contributed by atoms with Crippen molar-refractivity contribution < 1.29 is 17.6 Å². The van der Waals surface area contributed by atoms with E-state index in [0.29, 0.717) is 24.1 Å². The summed E-state index contributed by atoms with van der Waals surface area (Å²) in [4.78, 5) is 25.0. The minimum absolute atomic E-state index is 0.108. The maximum atomic E-state index is 12.9. The molecule has 1 amide bonds. The summed E-state index contributed by atoms with van der Waals surface area (Å²) in [6.07, 6.45) is 2.69. The molecule has 1 N–H and O–H groups in total. The number of hydrogen-bond acceptors (Lipinski definition) is 5. The van der Waals surface area contributed by atoms with Crippen LogP contribution in [0.3, 0.4) is 0 Å². The number of hydrogen-bond donors (Lipinski definition) is 1. The third kappa shape index (κ3) is 4.19. The number of nitrogens with zero attached hydrogens (tertiary/aromatic N) is 1. The zero-order valence-corrected chi connectivity index (χ0v) is 18.3. The van der Waals surface area contributed by atoms with Crippen LogP contribution in [-0.2, 0) is 10.0 Å². The Morgan fingerprint density at radius 1 is 1.03 bits per heavy atom. The minimum atomic E-state index is -3.63. The first kappa shape index (κ1) is 20.8. The lowest BCUT2D eigenvalue weighted by molar-refractivity contribution is 0.102. The van der Waals surface area contributed by atoms with Crippen molar-refractivity contribution >= 4 is 48.5 Å². The average Bonchev–Trinajstić information content (AvgIpc) is 2.74. The molecule has 0 saturated carbocycles. The summed E-state index contributed by atoms with van der Waals surface area (Å²) in [7, 11) is -3.63. The van der Waals surface area contributed by atoms with Crippen LogP contribution in [0.25, 0.3) is 11.0 Å². The highest BCUT2D eigenvalue weighted by molar-refractivity contribution is 9.10. The fraction of sp³-hybridized carbons (Fsp3) is 0.238. The molecule has 0 radical (unpaired) electrons. The highest BCUT2D eigenvalue weighted by atomic mass is 79.9. The van der Waals surface area contributed by atoms with Gasteiger partial charge in [0, 0.05) is 28.6 Å². The second-order valence-electron chi connectivity index (χ2n) is 7.08. The molecule has 0 atom stereocenters. The third-order valence-corrected chi connectivity index (χ3v) is 7.37. The second kappa shape index (κ2) is 8.33. The number of nitrogens with one attached hydrogen (secondary N) is 1. The van der Waals surface area contributed by atoms with Gasteiger partial charge < -0.3 is 9.73 Å². The molecule has 0 aliphatic carbocycles. The molecule has 156 valence electrons. The van der Waals surface area contributed by atoms with Gasteiger partial charge in [-0.3, -0.25) is 4.79 Å². The van der Waals surface area contributed by atoms with Crippen LogP contribution in [0.15, 0.2) is 67.1 Å². The first-order chi connectivity index (χ1) is 14.3. The van der Waals surface area contributed by atoms with Crippen molar-refractivity contribution in [3.05, 3.63) is 69.0 Å². The smallest absolute Gasteiger partial charge is 0.349 e. The molecule has 9 heteroatoms. The molecule has 1 aliphatic rings. The average molecular weight is 491 g/mol. The van der Waals surface area contributed by atoms with Gasteiger partial charge in [0.05, 0.1) is 4.90 Å². The maximum Gasteiger partial charge on any atom is 0.349 e. The van der Waals surface area contributed by atoms with Gasteiger partial charge in [0.2, 0.25) is 10.0 Å². The lowest BCUT2D eigenvalue weighted by Crippen LogP contribution is -2.35. The zero-order valence-electron chi connectivity index (χ0n) is 15.9. The molecular weight excluding hydrogens is 472 g/mol. The fourth-order valence-corrected chi connectivity index (χ4v) is 5.38. The van der Waals surface area contributed by atoms with E-state index < -0.39 is 21.6 Å². The van der Waals surface area contributed by atoms with E-state index in [-0.39, 0.29) is 16.1 Å². The van der Waals surface area contributed by atoms with E-state index in [1.54, 1.807) is 30.3 Å². The van der Waals surface area contributed by atoms with Crippen molar-refractivity contribution in [3.8, 4) is 0 Å². The molecule has 1 aromatic heterocycles. The molecule has 3 aromatic rings. The van der Waals surface area contributed by atoms with E-state index in [0.717, 1.165) is 23.7 Å². The Balaban J connectivity index is 1.61. The van der Waals surface area contributed by atoms with Crippen molar-refractivity contribution in [1.82, 2.24) is 4.31 Å². The van der Waals surface area contributed by atoms with Crippen molar-refractivity contribution in [2.24, 2.45) is 0 Å². The monoisotopic (exact) mass is 490 g/mol. The SMILES string of the molecule is O=C(Nc1cccc(S(=O)(=O)N2CCCCC2)c1)c1cc2cc(Br)ccc2oc1=O. The Labute approximate surface area is 181 Å². The van der Waals surface area contributed by atoms with Gasteiger partial charge in [-0.2, -0.15) is 4.31 Å². The minimum Gasteiger partial charge on any atom is -0.422 e. The molecule has 1 fully saturated rings. The fourth-order valence-electron chi connectivity index (χ4n) is 3.44. The summed E-state index contributed by atoms with van der Waals surface area (Å²) in [5.74, 6) is -0.668. The van der Waals surface area contributed by atoms with Crippen molar-refractivity contribution in [3.63, 3.8) is 0 Å². The molecule has 2 aromatic carbocycles. The Kier molecular flexibility index (Phi) is 5.77. The molecule has 7 nitrogen and oxygen atoms in total. The molecule has 30 heavy (non-hydrogen) atoms. The lowest BCUT2D eigenvalue weighted by atomic mass is 10.1. The largest absolute Gasteiger partial charge is 0.422 e. The van der Waals surface area contributed by atoms with Gasteiger partial charge in [0.1, 0.15) is 11.1 Å². The number of sulfonamides is 1. The predicted molar refractivity (Wildman–Crippen MR) is 117 cm³/mol. The van der Waals surface area contributed by atoms with Crippen LogP contribution in [0.2, 0.25) is 0 Å². The van der Waals surface area contributed by atoms with E-state index in [9.17, 15) is 18.0 Å². The summed E-state index contributed by atoms with van der Waals surface area (Å²) in [5.41, 5.74) is -0.273. The number of halogens is 1. The van der Waals surface area contributed by atoms with Crippen LogP contribution in [0.4, 0.5) is 5.69 Å². The van der Waals surface area contributed by atoms with E-state index in [1.165, 1.54) is 22.5 Å². The first-order valence-corrected chi connectivity index (χ1v) is 11.7. The summed E-state index contributed by atoms with van der Waals surface area (Å²) in [5, 5.41) is 3.19. The Morgan fingerprint density at radius 3 is 2.57 bits per heavy atom. The zero-order chi connectivity index (χ0) is 21.3. The second-order valence-corrected chi connectivity index (χ2v) is 9.93. The van der Waals surface area contributed by atoms with Crippen molar-refractivity contribution in [2.45, 2.75) is 24.2 Å². The van der Waals surface area contributed by atoms with Gasteiger partial charge in [0.15, 0.2) is 0 Å². The standard InChI is InChI=1S/C21H19BrN2O5S/c22-15-7-8-19-14(11-15)12-18(21(26)29-19)20(25)23-16-5-4-6-17(13-16)30(27,28)24-9-2-1-3-10-24/h4-8,11-13H,1-3,9-10H2,(H,23,25). The van der Waals surface area contributed by atoms with E-state index in [1.807, 2.05) is 0 Å². The van der Waals surface area contributed by atoms with Gasteiger partial charge in [0.25, 0.3) is 5.91 Å². The third-order valence-electron chi connectivity index (χ3n) is 4.98. The summed E-state index contributed by atoms with van der Waals surface area (Å²) in [6.45, 7) is 0.985. The lowest BCUT2D eigenvalue weighted by Gasteiger charge is -2.26. The number of piperidine rings is 1. The predicted octanol–water partition coefficient (Wildman–Crippen LogP) is 3.98. The maximum absolute atomic E-state index is 12.9. The van der Waals surface area contributed by atoms with Gasteiger partial charge >= 0.3 is 5.63 Å². The van der Waals surface area contributed by atoms with Crippen LogP contribution in [-0.4, -0.2) is 31.7 Å². The summed E-state index contributed by atoms with van der Waals surface area (Å²) < 4.78 is 33.2. The highest BCUT2D eigenvalue weighted by Gasteiger charge is 2.26. The normalized spacial score (nSPS) is 15.2. The number of carbonyl (C=O) groups excluding carboxylic acids is 1. The molecule has 0 unspecified atom stereocenters. The number of fused-ring (bicyclic) bond motifs is 1. The number of benzene rings is 2. The Bertz CT molecular complexity index is 1280. The number of rotatable bonds is 4. The highest BCUT2D eigenvalue weighted by Crippen LogP contribution is 2.24. The topological polar surface area (TPSA) is 96.7 Å². The van der Waals surface area contributed by atoms with Crippen LogP contribution >= 0.6 is 15.9 Å². The molecule has 1 saturated heterocycles. The van der Waals surface area contributed by atoms with Gasteiger partial charge in [-0.25, -0.2) is 13.2 Å². The van der Waals surface area contributed by atoms with Crippen molar-refractivity contribution in [2.75, 3.05) is 18.4 Å². The Hall–Kier alpha value is -2.49. The number of amides is 1. The van der Waals surface area contributed by atoms with Gasteiger partial charge in [-0.1, -0.05) is 28.4 Å². The van der Waals surface area contributed by atoms with E-state index in [4.69, 9.17) is 4.42 Å². The van der Waals surface area contributed by atoms with Crippen LogP contribution < -0.4 is 10.9 Å². The van der Waals surface area contributed by atoms with E-state index in [2.05, 4.69) is 21.2 Å². The van der Waals surface area contributed by atoms with E-state index >= 15 is 0 Å². The quantitative estimate of drug-likeness (QED) is 0.557. The molecule has 4 rings (SSSR count). The molecule has 0 bridgehead atoms. The molecular formula is C21H19BrN2O5S. The summed E-state index contributed by atoms with van der Waals surface area (Å²) in [6, 6.07) is 12.6.